The van der Waals surface area contributed by atoms with E-state index < -0.39 is 12.7 Å². The van der Waals surface area contributed by atoms with Crippen LogP contribution in [-0.2, 0) is 11.2 Å². The fraction of sp³-hybridized carbons (Fsp3) is 0.476. The van der Waals surface area contributed by atoms with Crippen molar-refractivity contribution in [1.29, 1.82) is 0 Å². The Labute approximate surface area is 174 Å². The first-order valence-corrected chi connectivity index (χ1v) is 9.99. The molecule has 0 amide bonds. The van der Waals surface area contributed by atoms with Crippen molar-refractivity contribution in [3.05, 3.63) is 54.0 Å². The third-order valence-corrected chi connectivity index (χ3v) is 4.68. The molecule has 1 fully saturated rings. The Morgan fingerprint density at radius 1 is 1.23 bits per heavy atom. The first-order chi connectivity index (χ1) is 14.6. The third-order valence-electron chi connectivity index (χ3n) is 4.68. The van der Waals surface area contributed by atoms with Gasteiger partial charge in [-0.25, -0.2) is 0 Å². The number of benzene rings is 1. The zero-order valence-corrected chi connectivity index (χ0v) is 16.6. The predicted molar refractivity (Wildman–Crippen MR) is 108 cm³/mol. The van der Waals surface area contributed by atoms with E-state index in [4.69, 9.17) is 9.15 Å². The molecule has 30 heavy (non-hydrogen) atoms. The van der Waals surface area contributed by atoms with Crippen molar-refractivity contribution in [2.75, 3.05) is 26.2 Å². The number of guanidine groups is 1. The molecule has 0 spiro atoms. The van der Waals surface area contributed by atoms with Crippen molar-refractivity contribution >= 4 is 5.96 Å². The molecule has 2 heterocycles. The molecule has 1 aromatic heterocycles. The minimum Gasteiger partial charge on any atom is -0.469 e. The topological polar surface area (TPSA) is 88.3 Å². The van der Waals surface area contributed by atoms with Crippen LogP contribution in [0.2, 0.25) is 0 Å². The second kappa shape index (κ2) is 11.5. The SMILES string of the molecule is OC(CN=C(NCCc1ccco1)NCC1CCCO1)c1ccc(OC(F)F)cc1. The molecule has 2 atom stereocenters. The van der Waals surface area contributed by atoms with Crippen molar-refractivity contribution < 1.29 is 27.8 Å². The van der Waals surface area contributed by atoms with E-state index in [0.29, 0.717) is 31.0 Å². The fourth-order valence-electron chi connectivity index (χ4n) is 3.10. The number of nitrogens with zero attached hydrogens (tertiary/aromatic N) is 1. The van der Waals surface area contributed by atoms with Gasteiger partial charge in [0.25, 0.3) is 0 Å². The summed E-state index contributed by atoms with van der Waals surface area (Å²) in [7, 11) is 0. The van der Waals surface area contributed by atoms with Gasteiger partial charge in [-0.1, -0.05) is 12.1 Å². The van der Waals surface area contributed by atoms with E-state index in [9.17, 15) is 13.9 Å². The van der Waals surface area contributed by atoms with Crippen molar-refractivity contribution in [3.8, 4) is 5.75 Å². The quantitative estimate of drug-likeness (QED) is 0.402. The normalized spacial score (nSPS) is 17.9. The predicted octanol–water partition coefficient (Wildman–Crippen LogP) is 2.87. The number of nitrogens with one attached hydrogen (secondary N) is 2. The number of hydrogen-bond acceptors (Lipinski definition) is 5. The molecule has 1 aliphatic heterocycles. The number of furan rings is 1. The van der Waals surface area contributed by atoms with Crippen LogP contribution in [0.1, 0.15) is 30.3 Å². The molecule has 1 aliphatic rings. The summed E-state index contributed by atoms with van der Waals surface area (Å²) < 4.78 is 39.8. The maximum absolute atomic E-state index is 12.2. The number of alkyl halides is 2. The van der Waals surface area contributed by atoms with Crippen molar-refractivity contribution in [1.82, 2.24) is 10.6 Å². The maximum Gasteiger partial charge on any atom is 0.387 e. The van der Waals surface area contributed by atoms with E-state index in [-0.39, 0.29) is 18.4 Å². The van der Waals surface area contributed by atoms with E-state index in [2.05, 4.69) is 20.4 Å². The number of ether oxygens (including phenoxy) is 2. The average Bonchev–Trinajstić information content (AvgIpc) is 3.43. The highest BCUT2D eigenvalue weighted by Crippen LogP contribution is 2.19. The minimum atomic E-state index is -2.88. The molecule has 3 rings (SSSR count). The summed E-state index contributed by atoms with van der Waals surface area (Å²) in [6.45, 7) is -0.760. The van der Waals surface area contributed by atoms with Gasteiger partial charge in [0.1, 0.15) is 11.5 Å². The summed E-state index contributed by atoms with van der Waals surface area (Å²) in [5, 5.41) is 16.9. The van der Waals surface area contributed by atoms with Gasteiger partial charge in [0, 0.05) is 26.1 Å². The van der Waals surface area contributed by atoms with Crippen LogP contribution in [0.4, 0.5) is 8.78 Å². The van der Waals surface area contributed by atoms with E-state index in [1.807, 2.05) is 12.1 Å². The van der Waals surface area contributed by atoms with Crippen LogP contribution < -0.4 is 15.4 Å². The Balaban J connectivity index is 1.54. The van der Waals surface area contributed by atoms with E-state index in [1.54, 1.807) is 18.4 Å². The van der Waals surface area contributed by atoms with E-state index in [1.165, 1.54) is 12.1 Å². The Bertz CT molecular complexity index is 763. The summed E-state index contributed by atoms with van der Waals surface area (Å²) >= 11 is 0. The lowest BCUT2D eigenvalue weighted by Crippen LogP contribution is -2.42. The van der Waals surface area contributed by atoms with Crippen LogP contribution in [0.3, 0.4) is 0 Å². The van der Waals surface area contributed by atoms with Crippen LogP contribution >= 0.6 is 0 Å². The number of halogens is 2. The molecule has 0 bridgehead atoms. The Morgan fingerprint density at radius 2 is 2.07 bits per heavy atom. The minimum absolute atomic E-state index is 0.0444. The largest absolute Gasteiger partial charge is 0.469 e. The molecule has 0 saturated carbocycles. The molecular formula is C21H27F2N3O4. The van der Waals surface area contributed by atoms with E-state index >= 15 is 0 Å². The number of aliphatic imine (C=N–C) groups is 1. The summed E-state index contributed by atoms with van der Waals surface area (Å²) in [5.41, 5.74) is 0.564. The van der Waals surface area contributed by atoms with Gasteiger partial charge in [0.05, 0.1) is 25.0 Å². The second-order valence-electron chi connectivity index (χ2n) is 6.92. The highest BCUT2D eigenvalue weighted by molar-refractivity contribution is 5.79. The molecule has 2 unspecified atom stereocenters. The average molecular weight is 423 g/mol. The summed E-state index contributed by atoms with van der Waals surface area (Å²) in [6, 6.07) is 9.63. The van der Waals surface area contributed by atoms with Crippen molar-refractivity contribution in [2.24, 2.45) is 4.99 Å². The van der Waals surface area contributed by atoms with Crippen LogP contribution in [-0.4, -0.2) is 50.0 Å². The number of rotatable bonds is 10. The second-order valence-corrected chi connectivity index (χ2v) is 6.92. The zero-order valence-electron chi connectivity index (χ0n) is 16.6. The lowest BCUT2D eigenvalue weighted by atomic mass is 10.1. The van der Waals surface area contributed by atoms with Crippen LogP contribution in [0.25, 0.3) is 0 Å². The third kappa shape index (κ3) is 7.31. The fourth-order valence-corrected chi connectivity index (χ4v) is 3.10. The van der Waals surface area contributed by atoms with Gasteiger partial charge in [0.2, 0.25) is 0 Å². The highest BCUT2D eigenvalue weighted by Gasteiger charge is 2.16. The smallest absolute Gasteiger partial charge is 0.387 e. The van der Waals surface area contributed by atoms with Gasteiger partial charge >= 0.3 is 6.61 Å². The number of hydrogen-bond donors (Lipinski definition) is 3. The molecule has 2 aromatic rings. The highest BCUT2D eigenvalue weighted by atomic mass is 19.3. The first-order valence-electron chi connectivity index (χ1n) is 9.99. The van der Waals surface area contributed by atoms with Gasteiger partial charge in [-0.2, -0.15) is 8.78 Å². The van der Waals surface area contributed by atoms with E-state index in [0.717, 1.165) is 25.2 Å². The van der Waals surface area contributed by atoms with Crippen molar-refractivity contribution in [3.63, 3.8) is 0 Å². The van der Waals surface area contributed by atoms with Gasteiger partial charge in [0.15, 0.2) is 5.96 Å². The summed E-state index contributed by atoms with van der Waals surface area (Å²) in [6.07, 6.45) is 3.65. The molecule has 9 heteroatoms. The Morgan fingerprint density at radius 3 is 2.73 bits per heavy atom. The van der Waals surface area contributed by atoms with Crippen LogP contribution in [0, 0.1) is 0 Å². The number of aliphatic hydroxyl groups is 1. The zero-order chi connectivity index (χ0) is 21.2. The van der Waals surface area contributed by atoms with Gasteiger partial charge in [-0.15, -0.1) is 0 Å². The maximum atomic E-state index is 12.2. The van der Waals surface area contributed by atoms with Gasteiger partial charge < -0.3 is 29.6 Å². The lowest BCUT2D eigenvalue weighted by Gasteiger charge is -2.16. The first kappa shape index (κ1) is 22.0. The molecular weight excluding hydrogens is 396 g/mol. The van der Waals surface area contributed by atoms with Gasteiger partial charge in [-0.05, 0) is 42.7 Å². The van der Waals surface area contributed by atoms with Crippen LogP contribution in [0.5, 0.6) is 5.75 Å². The van der Waals surface area contributed by atoms with Crippen LogP contribution in [0.15, 0.2) is 52.1 Å². The molecule has 7 nitrogen and oxygen atoms in total. The monoisotopic (exact) mass is 423 g/mol. The Hall–Kier alpha value is -2.65. The number of aliphatic hydroxyl groups excluding tert-OH is 1. The summed E-state index contributed by atoms with van der Waals surface area (Å²) in [4.78, 5) is 4.46. The molecule has 1 saturated heterocycles. The van der Waals surface area contributed by atoms with Crippen molar-refractivity contribution in [2.45, 2.75) is 38.1 Å². The summed E-state index contributed by atoms with van der Waals surface area (Å²) in [5.74, 6) is 1.48. The molecule has 1 aromatic carbocycles. The standard InChI is InChI=1S/C21H27F2N3O4/c22-20(23)30-17-7-5-15(6-8-17)19(27)14-26-21(25-13-18-4-2-12-29-18)24-10-9-16-3-1-11-28-16/h1,3,5-8,11,18-20,27H,2,4,9-10,12-14H2,(H2,24,25,26). The van der Waals surface area contributed by atoms with Gasteiger partial charge in [-0.3, -0.25) is 4.99 Å². The Kier molecular flexibility index (Phi) is 8.46. The molecule has 0 radical (unpaired) electrons. The molecule has 0 aliphatic carbocycles. The molecule has 3 N–H and O–H groups in total. The lowest BCUT2D eigenvalue weighted by molar-refractivity contribution is -0.0498. The molecule has 164 valence electrons.